The van der Waals surface area contributed by atoms with Crippen LogP contribution in [-0.2, 0) is 0 Å². The number of aryl methyl sites for hydroxylation is 2. The monoisotopic (exact) mass is 191 g/mol. The summed E-state index contributed by atoms with van der Waals surface area (Å²) in [5, 5.41) is 15.2. The molecule has 0 fully saturated rings. The molecule has 2 rings (SSSR count). The minimum atomic E-state index is 0.312. The largest absolute Gasteiger partial charge is 0.618 e. The maximum Gasteiger partial charge on any atom is 0.268 e. The van der Waals surface area contributed by atoms with Gasteiger partial charge in [-0.25, -0.2) is 0 Å². The van der Waals surface area contributed by atoms with E-state index >= 15 is 0 Å². The van der Waals surface area contributed by atoms with E-state index in [1.807, 2.05) is 6.92 Å². The van der Waals surface area contributed by atoms with Gasteiger partial charge in [0.15, 0.2) is 5.69 Å². The lowest BCUT2D eigenvalue weighted by molar-refractivity contribution is -0.601. The summed E-state index contributed by atoms with van der Waals surface area (Å²) < 4.78 is 5.38. The Balaban J connectivity index is 2.64. The first-order valence-corrected chi connectivity index (χ1v) is 4.16. The van der Waals surface area contributed by atoms with Crippen LogP contribution in [0.5, 0.6) is 0 Å². The van der Waals surface area contributed by atoms with Crippen molar-refractivity contribution in [2.75, 3.05) is 0 Å². The standard InChI is InChI=1S/C9H9N3O2/c1-6-3-7(2)12(13)8(4-6)9-10-5-14-11-9/h3-5H,1-2H3. The van der Waals surface area contributed by atoms with Gasteiger partial charge < -0.3 is 9.73 Å². The number of nitrogens with zero attached hydrogens (tertiary/aromatic N) is 3. The van der Waals surface area contributed by atoms with E-state index in [-0.39, 0.29) is 0 Å². The molecule has 2 aromatic rings. The highest BCUT2D eigenvalue weighted by Gasteiger charge is 2.15. The van der Waals surface area contributed by atoms with Gasteiger partial charge in [-0.2, -0.15) is 9.71 Å². The van der Waals surface area contributed by atoms with Crippen LogP contribution in [0.1, 0.15) is 11.3 Å². The second kappa shape index (κ2) is 3.10. The van der Waals surface area contributed by atoms with Crippen LogP contribution in [0, 0.1) is 19.1 Å². The quantitative estimate of drug-likeness (QED) is 0.498. The lowest BCUT2D eigenvalue weighted by Gasteiger charge is -2.04. The molecule has 0 aliphatic heterocycles. The predicted octanol–water partition coefficient (Wildman–Crippen LogP) is 0.987. The topological polar surface area (TPSA) is 65.9 Å². The summed E-state index contributed by atoms with van der Waals surface area (Å²) in [6.07, 6.45) is 1.20. The summed E-state index contributed by atoms with van der Waals surface area (Å²) in [5.74, 6) is 0.312. The summed E-state index contributed by atoms with van der Waals surface area (Å²) in [6, 6.07) is 3.53. The summed E-state index contributed by atoms with van der Waals surface area (Å²) in [5.41, 5.74) is 2.02. The van der Waals surface area contributed by atoms with Crippen LogP contribution in [0.15, 0.2) is 23.0 Å². The molecular formula is C9H9N3O2. The van der Waals surface area contributed by atoms with Crippen molar-refractivity contribution in [1.29, 1.82) is 0 Å². The first kappa shape index (κ1) is 8.68. The molecule has 72 valence electrons. The first-order valence-electron chi connectivity index (χ1n) is 4.16. The normalized spacial score (nSPS) is 10.4. The highest BCUT2D eigenvalue weighted by Crippen LogP contribution is 2.12. The molecule has 14 heavy (non-hydrogen) atoms. The molecule has 5 nitrogen and oxygen atoms in total. The summed E-state index contributed by atoms with van der Waals surface area (Å²) in [6.45, 7) is 3.65. The van der Waals surface area contributed by atoms with Gasteiger partial charge in [-0.1, -0.05) is 5.16 Å². The molecule has 0 amide bonds. The summed E-state index contributed by atoms with van der Waals surface area (Å²) in [4.78, 5) is 3.83. The van der Waals surface area contributed by atoms with Crippen molar-refractivity contribution in [1.82, 2.24) is 10.1 Å². The van der Waals surface area contributed by atoms with Crippen molar-refractivity contribution < 1.29 is 9.25 Å². The predicted molar refractivity (Wildman–Crippen MR) is 48.2 cm³/mol. The Bertz CT molecular complexity index is 451. The van der Waals surface area contributed by atoms with Crippen LogP contribution in [0.2, 0.25) is 0 Å². The van der Waals surface area contributed by atoms with Gasteiger partial charge in [0, 0.05) is 19.1 Å². The summed E-state index contributed by atoms with van der Waals surface area (Å²) >= 11 is 0. The number of aromatic nitrogens is 3. The van der Waals surface area contributed by atoms with Gasteiger partial charge >= 0.3 is 0 Å². The van der Waals surface area contributed by atoms with Crippen molar-refractivity contribution >= 4 is 0 Å². The third-order valence-electron chi connectivity index (χ3n) is 1.93. The Morgan fingerprint density at radius 1 is 1.36 bits per heavy atom. The Labute approximate surface area is 80.6 Å². The van der Waals surface area contributed by atoms with E-state index in [4.69, 9.17) is 0 Å². The van der Waals surface area contributed by atoms with Gasteiger partial charge in [0.1, 0.15) is 0 Å². The number of rotatable bonds is 1. The zero-order valence-electron chi connectivity index (χ0n) is 7.89. The lowest BCUT2D eigenvalue weighted by atomic mass is 10.2. The van der Waals surface area contributed by atoms with E-state index < -0.39 is 0 Å². The SMILES string of the molecule is Cc1cc(C)[n+]([O-])c(-c2ncon2)c1. The molecule has 0 spiro atoms. The van der Waals surface area contributed by atoms with Crippen molar-refractivity contribution in [2.45, 2.75) is 13.8 Å². The first-order chi connectivity index (χ1) is 6.68. The van der Waals surface area contributed by atoms with Crippen LogP contribution in [-0.4, -0.2) is 10.1 Å². The van der Waals surface area contributed by atoms with E-state index in [9.17, 15) is 5.21 Å². The fraction of sp³-hybridized carbons (Fsp3) is 0.222. The molecule has 5 heteroatoms. The molecule has 0 radical (unpaired) electrons. The third-order valence-corrected chi connectivity index (χ3v) is 1.93. The highest BCUT2D eigenvalue weighted by molar-refractivity contribution is 5.45. The Morgan fingerprint density at radius 2 is 2.14 bits per heavy atom. The molecule has 0 aliphatic rings. The molecule has 2 heterocycles. The molecule has 0 saturated carbocycles. The Morgan fingerprint density at radius 3 is 2.79 bits per heavy atom. The van der Waals surface area contributed by atoms with E-state index in [1.165, 1.54) is 6.39 Å². The fourth-order valence-electron chi connectivity index (χ4n) is 1.33. The van der Waals surface area contributed by atoms with Crippen molar-refractivity contribution in [3.8, 4) is 11.5 Å². The molecule has 0 aliphatic carbocycles. The van der Waals surface area contributed by atoms with Crippen LogP contribution >= 0.6 is 0 Å². The Kier molecular flexibility index (Phi) is 1.92. The van der Waals surface area contributed by atoms with Gasteiger partial charge in [-0.15, -0.1) is 0 Å². The van der Waals surface area contributed by atoms with Crippen LogP contribution in [0.4, 0.5) is 0 Å². The van der Waals surface area contributed by atoms with Crippen molar-refractivity contribution in [3.05, 3.63) is 35.0 Å². The van der Waals surface area contributed by atoms with E-state index in [0.29, 0.717) is 17.2 Å². The maximum absolute atomic E-state index is 11.6. The molecule has 0 atom stereocenters. The van der Waals surface area contributed by atoms with Crippen LogP contribution in [0.25, 0.3) is 11.5 Å². The zero-order chi connectivity index (χ0) is 10.1. The number of hydrogen-bond donors (Lipinski definition) is 0. The molecule has 0 bridgehead atoms. The van der Waals surface area contributed by atoms with Crippen molar-refractivity contribution in [3.63, 3.8) is 0 Å². The molecular weight excluding hydrogens is 182 g/mol. The van der Waals surface area contributed by atoms with Gasteiger partial charge in [-0.05, 0) is 12.5 Å². The van der Waals surface area contributed by atoms with Crippen LogP contribution < -0.4 is 4.73 Å². The van der Waals surface area contributed by atoms with Gasteiger partial charge in [-0.3, -0.25) is 0 Å². The second-order valence-corrected chi connectivity index (χ2v) is 3.11. The van der Waals surface area contributed by atoms with E-state index in [1.54, 1.807) is 19.1 Å². The number of hydrogen-bond acceptors (Lipinski definition) is 4. The smallest absolute Gasteiger partial charge is 0.268 e. The zero-order valence-corrected chi connectivity index (χ0v) is 7.89. The fourth-order valence-corrected chi connectivity index (χ4v) is 1.33. The molecule has 0 unspecified atom stereocenters. The number of pyridine rings is 1. The Hall–Kier alpha value is -1.91. The average molecular weight is 191 g/mol. The lowest BCUT2D eigenvalue weighted by Crippen LogP contribution is -2.33. The molecule has 0 aromatic carbocycles. The molecule has 0 saturated heterocycles. The van der Waals surface area contributed by atoms with Gasteiger partial charge in [0.2, 0.25) is 6.39 Å². The van der Waals surface area contributed by atoms with E-state index in [0.717, 1.165) is 10.3 Å². The molecule has 0 N–H and O–H groups in total. The van der Waals surface area contributed by atoms with Gasteiger partial charge in [0.25, 0.3) is 11.5 Å². The second-order valence-electron chi connectivity index (χ2n) is 3.11. The highest BCUT2D eigenvalue weighted by atomic mass is 16.5. The molecule has 2 aromatic heterocycles. The minimum absolute atomic E-state index is 0.312. The minimum Gasteiger partial charge on any atom is -0.618 e. The maximum atomic E-state index is 11.6. The third kappa shape index (κ3) is 1.32. The average Bonchev–Trinajstić information content (AvgIpc) is 2.63. The van der Waals surface area contributed by atoms with E-state index in [2.05, 4.69) is 14.7 Å². The van der Waals surface area contributed by atoms with Crippen LogP contribution in [0.3, 0.4) is 0 Å². The van der Waals surface area contributed by atoms with Crippen molar-refractivity contribution in [2.24, 2.45) is 0 Å². The summed E-state index contributed by atoms with van der Waals surface area (Å²) in [7, 11) is 0. The van der Waals surface area contributed by atoms with Gasteiger partial charge in [0.05, 0.1) is 0 Å².